The van der Waals surface area contributed by atoms with Crippen LogP contribution < -0.4 is 32.8 Å². The fraction of sp³-hybridized carbons (Fsp3) is 0. The topological polar surface area (TPSA) is 190 Å². The Balaban J connectivity index is 0.000000213. The van der Waals surface area contributed by atoms with Gasteiger partial charge in [-0.05, 0) is 144 Å². The Morgan fingerprint density at radius 3 is 0.744 bits per heavy atom. The molecule has 2 heterocycles. The van der Waals surface area contributed by atoms with E-state index in [1.165, 1.54) is 54.6 Å². The predicted octanol–water partition coefficient (Wildman–Crippen LogP) is 9.25. The standard InChI is InChI=1S/C36H27B3N6O6.C18H12B3F3O3/c46-34-19-16-28(43-40-25-10-4-1-5-11-25)22-31(34)37-49-38(32-23-29(17-20-35(32)47)44-41-26-12-6-2-7-13-26)51-39(50-37)33-24-30(18-21-36(33)48)45-42-27-14-8-3-9-15-27;22-16-7-1-13(2-8-16)19-25-20(14-3-9-17(23)10-4-14)27-21(26-19)15-5-11-18(24)12-6-15/h1-24,46-48H;1-12H/b43-40+,44-41+,45-42+;. The number of aromatic hydroxyl groups is 3. The van der Waals surface area contributed by atoms with Gasteiger partial charge in [-0.15, -0.1) is 0 Å². The highest BCUT2D eigenvalue weighted by atomic mass is 19.1. The van der Waals surface area contributed by atoms with Crippen LogP contribution in [0.4, 0.5) is 47.3 Å². The van der Waals surface area contributed by atoms with Crippen LogP contribution in [0.3, 0.4) is 0 Å². The summed E-state index contributed by atoms with van der Waals surface area (Å²) in [4.78, 5) is 0. The van der Waals surface area contributed by atoms with Crippen LogP contribution in [0.25, 0.3) is 0 Å². The third-order valence-corrected chi connectivity index (χ3v) is 11.8. The number of phenolic OH excluding ortho intramolecular Hbond substituents is 3. The smallest absolute Gasteiger partial charge is 0.470 e. The summed E-state index contributed by atoms with van der Waals surface area (Å²) in [6, 6.07) is 58.6. The number of hydrogen-bond acceptors (Lipinski definition) is 15. The van der Waals surface area contributed by atoms with Crippen molar-refractivity contribution in [1.29, 1.82) is 0 Å². The quantitative estimate of drug-likeness (QED) is 0.0791. The summed E-state index contributed by atoms with van der Waals surface area (Å²) in [5.74, 6) is -1.59. The molecule has 0 radical (unpaired) electrons. The van der Waals surface area contributed by atoms with E-state index >= 15 is 0 Å². The molecule has 0 aliphatic carbocycles. The van der Waals surface area contributed by atoms with Crippen LogP contribution in [0.2, 0.25) is 0 Å². The first kappa shape index (κ1) is 52.6. The maximum Gasteiger partial charge on any atom is 0.470 e. The van der Waals surface area contributed by atoms with Crippen LogP contribution >= 0.6 is 0 Å². The highest BCUT2D eigenvalue weighted by Crippen LogP contribution is 2.27. The van der Waals surface area contributed by atoms with Crippen LogP contribution in [-0.2, 0) is 27.4 Å². The monoisotopic (exact) mass is 1040 g/mol. The lowest BCUT2D eigenvalue weighted by Gasteiger charge is -2.32. The molecular formula is C54H39B6F3N6O9. The number of halogens is 3. The van der Waals surface area contributed by atoms with Crippen molar-refractivity contribution in [2.45, 2.75) is 0 Å². The number of rotatable bonds is 12. The first-order valence-corrected chi connectivity index (χ1v) is 24.2. The summed E-state index contributed by atoms with van der Waals surface area (Å²) in [6.07, 6.45) is 0. The second-order valence-electron chi connectivity index (χ2n) is 17.3. The summed E-state index contributed by atoms with van der Waals surface area (Å²) >= 11 is 0. The molecule has 0 atom stereocenters. The van der Waals surface area contributed by atoms with Gasteiger partial charge in [0.25, 0.3) is 0 Å². The largest absolute Gasteiger partial charge is 0.508 e. The normalized spacial score (nSPS) is 13.9. The van der Waals surface area contributed by atoms with Gasteiger partial charge < -0.3 is 42.8 Å². The molecule has 3 N–H and O–H groups in total. The molecule has 0 aromatic heterocycles. The summed E-state index contributed by atoms with van der Waals surface area (Å²) in [7, 11) is -6.35. The Bertz CT molecular complexity index is 3180. The summed E-state index contributed by atoms with van der Waals surface area (Å²) < 4.78 is 76.0. The lowest BCUT2D eigenvalue weighted by Crippen LogP contribution is -2.61. The average molecular weight is 1040 g/mol. The van der Waals surface area contributed by atoms with Crippen molar-refractivity contribution in [3.05, 3.63) is 236 Å². The molecule has 2 fully saturated rings. The average Bonchev–Trinajstić information content (AvgIpc) is 3.52. The molecule has 0 bridgehead atoms. The van der Waals surface area contributed by atoms with Gasteiger partial charge >= 0.3 is 42.7 Å². The van der Waals surface area contributed by atoms with Crippen LogP contribution in [0.1, 0.15) is 0 Å². The van der Waals surface area contributed by atoms with Crippen molar-refractivity contribution >= 4 is 110 Å². The van der Waals surface area contributed by atoms with Gasteiger partial charge in [0.1, 0.15) is 34.7 Å². The maximum atomic E-state index is 13.2. The van der Waals surface area contributed by atoms with E-state index in [9.17, 15) is 28.5 Å². The third-order valence-electron chi connectivity index (χ3n) is 11.8. The molecule has 9 aromatic rings. The van der Waals surface area contributed by atoms with Crippen molar-refractivity contribution in [3.63, 3.8) is 0 Å². The van der Waals surface area contributed by atoms with Gasteiger partial charge in [0.2, 0.25) is 0 Å². The van der Waals surface area contributed by atoms with E-state index in [4.69, 9.17) is 27.4 Å². The maximum absolute atomic E-state index is 13.2. The molecule has 0 amide bonds. The van der Waals surface area contributed by atoms with Crippen molar-refractivity contribution in [3.8, 4) is 17.2 Å². The minimum atomic E-state index is -1.27. The Kier molecular flexibility index (Phi) is 16.7. The molecule has 378 valence electrons. The first-order valence-electron chi connectivity index (χ1n) is 24.2. The van der Waals surface area contributed by atoms with Gasteiger partial charge in [0.15, 0.2) is 0 Å². The molecule has 2 aliphatic heterocycles. The Labute approximate surface area is 447 Å². The molecule has 2 saturated heterocycles. The molecular weight excluding hydrogens is 998 g/mol. The number of azo groups is 3. The van der Waals surface area contributed by atoms with Crippen molar-refractivity contribution in [2.75, 3.05) is 0 Å². The molecule has 78 heavy (non-hydrogen) atoms. The summed E-state index contributed by atoms with van der Waals surface area (Å²) in [6.45, 7) is 0. The summed E-state index contributed by atoms with van der Waals surface area (Å²) in [5, 5.41) is 58.8. The minimum absolute atomic E-state index is 0.151. The van der Waals surface area contributed by atoms with E-state index in [0.29, 0.717) is 50.5 Å². The van der Waals surface area contributed by atoms with E-state index in [0.717, 1.165) is 0 Å². The lowest BCUT2D eigenvalue weighted by atomic mass is 9.61. The highest BCUT2D eigenvalue weighted by molar-refractivity contribution is 6.88. The SMILES string of the molecule is Fc1ccc(B2OB(c3ccc(F)cc3)OB(c3ccc(F)cc3)O2)cc1.Oc1ccc(/N=N/c2ccccc2)cc1B1OB(c2cc(/N=N/c3ccccc3)ccc2O)OB(c2cc(/N=N/c3ccccc3)ccc2O)O1. The fourth-order valence-corrected chi connectivity index (χ4v) is 7.85. The predicted molar refractivity (Wildman–Crippen MR) is 294 cm³/mol. The van der Waals surface area contributed by atoms with Crippen LogP contribution in [0.5, 0.6) is 17.2 Å². The highest BCUT2D eigenvalue weighted by Gasteiger charge is 2.47. The zero-order valence-electron chi connectivity index (χ0n) is 40.9. The molecule has 2 aliphatic rings. The zero-order valence-corrected chi connectivity index (χ0v) is 40.9. The fourth-order valence-electron chi connectivity index (χ4n) is 7.85. The Hall–Kier alpha value is -8.88. The molecule has 0 spiro atoms. The molecule has 0 unspecified atom stereocenters. The van der Waals surface area contributed by atoms with Gasteiger partial charge in [-0.25, -0.2) is 13.2 Å². The van der Waals surface area contributed by atoms with E-state index < -0.39 is 42.7 Å². The zero-order chi connectivity index (χ0) is 53.8. The number of hydrogen-bond donors (Lipinski definition) is 3. The van der Waals surface area contributed by atoms with E-state index in [1.54, 1.807) is 72.8 Å². The lowest BCUT2D eigenvalue weighted by molar-refractivity contribution is 0.305. The van der Waals surface area contributed by atoms with Gasteiger partial charge in [-0.2, -0.15) is 30.7 Å². The van der Waals surface area contributed by atoms with Gasteiger partial charge in [0.05, 0.1) is 34.1 Å². The Morgan fingerprint density at radius 1 is 0.256 bits per heavy atom. The molecule has 11 rings (SSSR count). The van der Waals surface area contributed by atoms with Crippen LogP contribution in [0, 0.1) is 17.5 Å². The van der Waals surface area contributed by atoms with Crippen molar-refractivity contribution in [2.24, 2.45) is 30.7 Å². The van der Waals surface area contributed by atoms with Gasteiger partial charge in [0, 0.05) is 16.4 Å². The number of nitrogens with zero attached hydrogens (tertiary/aromatic N) is 6. The molecule has 0 saturated carbocycles. The van der Waals surface area contributed by atoms with Gasteiger partial charge in [-0.1, -0.05) is 91.0 Å². The second kappa shape index (κ2) is 24.9. The van der Waals surface area contributed by atoms with E-state index in [2.05, 4.69) is 30.7 Å². The van der Waals surface area contributed by atoms with Gasteiger partial charge in [-0.3, -0.25) is 0 Å². The number of phenols is 3. The third kappa shape index (κ3) is 13.6. The van der Waals surface area contributed by atoms with Crippen molar-refractivity contribution in [1.82, 2.24) is 0 Å². The molecule has 15 nitrogen and oxygen atoms in total. The molecule has 9 aromatic carbocycles. The van der Waals surface area contributed by atoms with E-state index in [1.807, 2.05) is 91.0 Å². The second-order valence-corrected chi connectivity index (χ2v) is 17.3. The van der Waals surface area contributed by atoms with Crippen LogP contribution in [0.15, 0.2) is 249 Å². The summed E-state index contributed by atoms with van der Waals surface area (Å²) in [5.41, 5.74) is 5.57. The molecule has 24 heteroatoms. The van der Waals surface area contributed by atoms with E-state index in [-0.39, 0.29) is 51.1 Å². The minimum Gasteiger partial charge on any atom is -0.508 e. The first-order chi connectivity index (χ1) is 38.1. The number of benzene rings is 9. The van der Waals surface area contributed by atoms with Crippen molar-refractivity contribution < 1.29 is 55.9 Å². The Morgan fingerprint density at radius 2 is 0.487 bits per heavy atom. The van der Waals surface area contributed by atoms with Crippen LogP contribution in [-0.4, -0.2) is 58.0 Å².